The van der Waals surface area contributed by atoms with E-state index >= 15 is 0 Å². The number of nitriles is 1. The molecule has 26 heavy (non-hydrogen) atoms. The first-order valence-corrected chi connectivity index (χ1v) is 7.98. The molecule has 0 saturated carbocycles. The van der Waals surface area contributed by atoms with Gasteiger partial charge in [-0.2, -0.15) is 5.26 Å². The monoisotopic (exact) mass is 392 g/mol. The van der Waals surface area contributed by atoms with Crippen LogP contribution < -0.4 is 14.8 Å². The third kappa shape index (κ3) is 4.39. The standard InChI is InChI=1S/C18H14Cl2N2O4/c1-25-15-6-10(7-16(26-2)17(15)23)5-11(9-21)18(24)22-14-8-12(19)3-4-13(14)20/h3-8,23H,1-2H3,(H,22,24). The highest BCUT2D eigenvalue weighted by atomic mass is 35.5. The number of amides is 1. The first kappa shape index (κ1) is 19.4. The van der Waals surface area contributed by atoms with Crippen LogP contribution in [0.1, 0.15) is 5.56 Å². The third-order valence-electron chi connectivity index (χ3n) is 3.35. The lowest BCUT2D eigenvalue weighted by Crippen LogP contribution is -2.13. The van der Waals surface area contributed by atoms with Crippen LogP contribution in [0.5, 0.6) is 17.2 Å². The number of hydrogen-bond donors (Lipinski definition) is 2. The van der Waals surface area contributed by atoms with Crippen molar-refractivity contribution in [3.63, 3.8) is 0 Å². The highest BCUT2D eigenvalue weighted by molar-refractivity contribution is 6.36. The molecule has 8 heteroatoms. The topological polar surface area (TPSA) is 91.6 Å². The predicted octanol–water partition coefficient (Wildman–Crippen LogP) is 4.26. The summed E-state index contributed by atoms with van der Waals surface area (Å²) >= 11 is 11.9. The SMILES string of the molecule is COc1cc(C=C(C#N)C(=O)Nc2cc(Cl)ccc2Cl)cc(OC)c1O. The summed E-state index contributed by atoms with van der Waals surface area (Å²) in [5, 5.41) is 22.4. The van der Waals surface area contributed by atoms with Gasteiger partial charge in [-0.25, -0.2) is 0 Å². The first-order chi connectivity index (χ1) is 12.4. The number of phenols is 1. The highest BCUT2D eigenvalue weighted by Crippen LogP contribution is 2.37. The first-order valence-electron chi connectivity index (χ1n) is 7.22. The quantitative estimate of drug-likeness (QED) is 0.585. The average molecular weight is 393 g/mol. The van der Waals surface area contributed by atoms with E-state index in [2.05, 4.69) is 5.32 Å². The van der Waals surface area contributed by atoms with Crippen molar-refractivity contribution < 1.29 is 19.4 Å². The molecule has 1 amide bonds. The van der Waals surface area contributed by atoms with Gasteiger partial charge in [-0.1, -0.05) is 23.2 Å². The Morgan fingerprint density at radius 1 is 1.19 bits per heavy atom. The minimum atomic E-state index is -0.664. The van der Waals surface area contributed by atoms with Gasteiger partial charge in [-0.05, 0) is 42.0 Å². The van der Waals surface area contributed by atoms with E-state index in [1.165, 1.54) is 44.6 Å². The van der Waals surface area contributed by atoms with Crippen molar-refractivity contribution in [3.05, 3.63) is 51.5 Å². The predicted molar refractivity (Wildman–Crippen MR) is 99.9 cm³/mol. The molecule has 2 N–H and O–H groups in total. The number of aromatic hydroxyl groups is 1. The average Bonchev–Trinajstić information content (AvgIpc) is 2.63. The van der Waals surface area contributed by atoms with E-state index < -0.39 is 5.91 Å². The highest BCUT2D eigenvalue weighted by Gasteiger charge is 2.15. The molecule has 2 aromatic carbocycles. The van der Waals surface area contributed by atoms with E-state index in [1.54, 1.807) is 6.07 Å². The third-order valence-corrected chi connectivity index (χ3v) is 3.92. The Kier molecular flexibility index (Phi) is 6.34. The number of nitrogens with zero attached hydrogens (tertiary/aromatic N) is 1. The van der Waals surface area contributed by atoms with Crippen LogP contribution in [0.25, 0.3) is 6.08 Å². The fourth-order valence-electron chi connectivity index (χ4n) is 2.10. The van der Waals surface area contributed by atoms with Crippen molar-refractivity contribution in [3.8, 4) is 23.3 Å². The molecule has 0 unspecified atom stereocenters. The molecular formula is C18H14Cl2N2O4. The summed E-state index contributed by atoms with van der Waals surface area (Å²) in [5.41, 5.74) is 0.530. The normalized spacial score (nSPS) is 10.8. The lowest BCUT2D eigenvalue weighted by atomic mass is 10.1. The minimum absolute atomic E-state index is 0.145. The second kappa shape index (κ2) is 8.48. The maximum absolute atomic E-state index is 12.4. The molecular weight excluding hydrogens is 379 g/mol. The minimum Gasteiger partial charge on any atom is -0.502 e. The zero-order valence-corrected chi connectivity index (χ0v) is 15.4. The van der Waals surface area contributed by atoms with Gasteiger partial charge < -0.3 is 19.9 Å². The van der Waals surface area contributed by atoms with Crippen LogP contribution in [0, 0.1) is 11.3 Å². The van der Waals surface area contributed by atoms with Crippen molar-refractivity contribution in [2.45, 2.75) is 0 Å². The Morgan fingerprint density at radius 3 is 2.35 bits per heavy atom. The number of rotatable bonds is 5. The molecule has 0 aromatic heterocycles. The number of benzene rings is 2. The van der Waals surface area contributed by atoms with Gasteiger partial charge in [0.2, 0.25) is 5.75 Å². The molecule has 0 aliphatic heterocycles. The molecule has 0 heterocycles. The van der Waals surface area contributed by atoms with Crippen molar-refractivity contribution in [2.24, 2.45) is 0 Å². The molecule has 6 nitrogen and oxygen atoms in total. The fourth-order valence-corrected chi connectivity index (χ4v) is 2.43. The lowest BCUT2D eigenvalue weighted by molar-refractivity contribution is -0.112. The van der Waals surface area contributed by atoms with Crippen LogP contribution in [-0.4, -0.2) is 25.2 Å². The van der Waals surface area contributed by atoms with Crippen LogP contribution in [0.3, 0.4) is 0 Å². The number of carbonyl (C=O) groups is 1. The van der Waals surface area contributed by atoms with E-state index in [4.69, 9.17) is 32.7 Å². The van der Waals surface area contributed by atoms with Gasteiger partial charge in [-0.3, -0.25) is 4.79 Å². The van der Waals surface area contributed by atoms with Gasteiger partial charge >= 0.3 is 0 Å². The fraction of sp³-hybridized carbons (Fsp3) is 0.111. The molecule has 0 atom stereocenters. The molecule has 0 fully saturated rings. The van der Waals surface area contributed by atoms with Gasteiger partial charge in [0.25, 0.3) is 5.91 Å². The molecule has 0 aliphatic rings. The summed E-state index contributed by atoms with van der Waals surface area (Å²) < 4.78 is 10.1. The maximum Gasteiger partial charge on any atom is 0.266 e. The van der Waals surface area contributed by atoms with E-state index in [-0.39, 0.29) is 33.5 Å². The van der Waals surface area contributed by atoms with Crippen LogP contribution >= 0.6 is 23.2 Å². The van der Waals surface area contributed by atoms with E-state index in [1.807, 2.05) is 6.07 Å². The second-order valence-electron chi connectivity index (χ2n) is 5.02. The molecule has 0 radical (unpaired) electrons. The summed E-state index contributed by atoms with van der Waals surface area (Å²) in [5.74, 6) is -0.555. The van der Waals surface area contributed by atoms with Crippen molar-refractivity contribution in [1.82, 2.24) is 0 Å². The van der Waals surface area contributed by atoms with Gasteiger partial charge in [0.1, 0.15) is 11.6 Å². The zero-order chi connectivity index (χ0) is 19.3. The Hall–Kier alpha value is -2.88. The van der Waals surface area contributed by atoms with Crippen LogP contribution in [-0.2, 0) is 4.79 Å². The molecule has 0 spiro atoms. The number of phenolic OH excluding ortho intramolecular Hbond substituents is 1. The summed E-state index contributed by atoms with van der Waals surface area (Å²) in [6.45, 7) is 0. The Balaban J connectivity index is 2.37. The number of methoxy groups -OCH3 is 2. The molecule has 134 valence electrons. The Labute approximate surface area is 160 Å². The van der Waals surface area contributed by atoms with Gasteiger partial charge in [0.15, 0.2) is 11.5 Å². The number of nitrogens with one attached hydrogen (secondary N) is 1. The molecule has 2 rings (SSSR count). The lowest BCUT2D eigenvalue weighted by Gasteiger charge is -2.10. The summed E-state index contributed by atoms with van der Waals surface area (Å²) in [7, 11) is 2.75. The molecule has 2 aromatic rings. The summed E-state index contributed by atoms with van der Waals surface area (Å²) in [6, 6.07) is 9.34. The van der Waals surface area contributed by atoms with E-state index in [0.29, 0.717) is 10.6 Å². The van der Waals surface area contributed by atoms with Crippen LogP contribution in [0.2, 0.25) is 10.0 Å². The molecule has 0 bridgehead atoms. The smallest absolute Gasteiger partial charge is 0.266 e. The second-order valence-corrected chi connectivity index (χ2v) is 5.87. The number of anilines is 1. The van der Waals surface area contributed by atoms with Gasteiger partial charge in [0.05, 0.1) is 24.9 Å². The Bertz CT molecular complexity index is 895. The van der Waals surface area contributed by atoms with E-state index in [0.717, 1.165) is 0 Å². The van der Waals surface area contributed by atoms with Crippen LogP contribution in [0.4, 0.5) is 5.69 Å². The Morgan fingerprint density at radius 2 is 1.81 bits per heavy atom. The molecule has 0 saturated heterocycles. The summed E-state index contributed by atoms with van der Waals surface area (Å²) in [4.78, 5) is 12.4. The zero-order valence-electron chi connectivity index (χ0n) is 13.8. The number of halogens is 2. The number of ether oxygens (including phenoxy) is 2. The largest absolute Gasteiger partial charge is 0.502 e. The number of hydrogen-bond acceptors (Lipinski definition) is 5. The molecule has 0 aliphatic carbocycles. The summed E-state index contributed by atoms with van der Waals surface area (Å²) in [6.07, 6.45) is 1.33. The van der Waals surface area contributed by atoms with Crippen LogP contribution in [0.15, 0.2) is 35.9 Å². The van der Waals surface area contributed by atoms with Gasteiger partial charge in [-0.15, -0.1) is 0 Å². The van der Waals surface area contributed by atoms with Crippen molar-refractivity contribution in [1.29, 1.82) is 5.26 Å². The van der Waals surface area contributed by atoms with Crippen molar-refractivity contribution >= 4 is 40.9 Å². The number of carbonyl (C=O) groups excluding carboxylic acids is 1. The van der Waals surface area contributed by atoms with Gasteiger partial charge in [0, 0.05) is 5.02 Å². The maximum atomic E-state index is 12.4. The van der Waals surface area contributed by atoms with E-state index in [9.17, 15) is 15.2 Å². The van der Waals surface area contributed by atoms with Crippen molar-refractivity contribution in [2.75, 3.05) is 19.5 Å².